The minimum atomic E-state index is 0.489. The predicted molar refractivity (Wildman–Crippen MR) is 81.2 cm³/mol. The summed E-state index contributed by atoms with van der Waals surface area (Å²) in [7, 11) is 0. The SMILES string of the molecule is CC(C)Cc1cc(-n2ccnc2)c(Cl)cc1C(C)C. The molecule has 102 valence electrons. The van der Waals surface area contributed by atoms with Crippen molar-refractivity contribution in [1.82, 2.24) is 9.55 Å². The molecule has 0 fully saturated rings. The summed E-state index contributed by atoms with van der Waals surface area (Å²) in [4.78, 5) is 4.09. The van der Waals surface area contributed by atoms with E-state index in [1.807, 2.05) is 10.8 Å². The van der Waals surface area contributed by atoms with Gasteiger partial charge in [0.1, 0.15) is 0 Å². The van der Waals surface area contributed by atoms with Gasteiger partial charge in [-0.15, -0.1) is 0 Å². The summed E-state index contributed by atoms with van der Waals surface area (Å²) in [5.74, 6) is 1.12. The highest BCUT2D eigenvalue weighted by Gasteiger charge is 2.13. The van der Waals surface area contributed by atoms with Crippen molar-refractivity contribution >= 4 is 11.6 Å². The second kappa shape index (κ2) is 5.79. The molecule has 0 unspecified atom stereocenters. The van der Waals surface area contributed by atoms with E-state index in [1.165, 1.54) is 11.1 Å². The Morgan fingerprint density at radius 1 is 1.21 bits per heavy atom. The van der Waals surface area contributed by atoms with E-state index in [1.54, 1.807) is 12.5 Å². The summed E-state index contributed by atoms with van der Waals surface area (Å²) < 4.78 is 1.97. The van der Waals surface area contributed by atoms with Crippen molar-refractivity contribution in [1.29, 1.82) is 0 Å². The highest BCUT2D eigenvalue weighted by atomic mass is 35.5. The fourth-order valence-electron chi connectivity index (χ4n) is 2.37. The normalized spacial score (nSPS) is 11.5. The Morgan fingerprint density at radius 2 is 1.95 bits per heavy atom. The molecule has 0 bridgehead atoms. The lowest BCUT2D eigenvalue weighted by Gasteiger charge is -2.18. The molecule has 0 amide bonds. The third kappa shape index (κ3) is 3.19. The standard InChI is InChI=1S/C16H21ClN2/c1-11(2)7-13-8-16(19-6-5-18-10-19)15(17)9-14(13)12(3)4/h5-6,8-12H,7H2,1-4H3. The molecule has 0 saturated heterocycles. The Morgan fingerprint density at radius 3 is 2.47 bits per heavy atom. The van der Waals surface area contributed by atoms with Gasteiger partial charge in [-0.1, -0.05) is 39.3 Å². The average molecular weight is 277 g/mol. The van der Waals surface area contributed by atoms with E-state index in [0.29, 0.717) is 11.8 Å². The molecule has 2 rings (SSSR count). The van der Waals surface area contributed by atoms with E-state index in [9.17, 15) is 0 Å². The number of hydrogen-bond donors (Lipinski definition) is 0. The van der Waals surface area contributed by atoms with E-state index < -0.39 is 0 Å². The molecule has 0 atom stereocenters. The van der Waals surface area contributed by atoms with Crippen LogP contribution < -0.4 is 0 Å². The summed E-state index contributed by atoms with van der Waals surface area (Å²) in [5, 5.41) is 0.786. The molecule has 0 saturated carbocycles. The van der Waals surface area contributed by atoms with Crippen LogP contribution in [0, 0.1) is 5.92 Å². The van der Waals surface area contributed by atoms with Crippen molar-refractivity contribution < 1.29 is 0 Å². The van der Waals surface area contributed by atoms with Gasteiger partial charge in [-0.2, -0.15) is 0 Å². The topological polar surface area (TPSA) is 17.8 Å². The zero-order valence-electron chi connectivity index (χ0n) is 12.0. The van der Waals surface area contributed by atoms with Gasteiger partial charge >= 0.3 is 0 Å². The monoisotopic (exact) mass is 276 g/mol. The summed E-state index contributed by atoms with van der Waals surface area (Å²) >= 11 is 6.42. The predicted octanol–water partition coefficient (Wildman–Crippen LogP) is 4.85. The highest BCUT2D eigenvalue weighted by molar-refractivity contribution is 6.32. The lowest BCUT2D eigenvalue weighted by atomic mass is 9.91. The summed E-state index contributed by atoms with van der Waals surface area (Å²) in [6.45, 7) is 8.92. The molecular formula is C16H21ClN2. The minimum absolute atomic E-state index is 0.489. The Kier molecular flexibility index (Phi) is 4.31. The fourth-order valence-corrected chi connectivity index (χ4v) is 2.64. The van der Waals surface area contributed by atoms with Crippen molar-refractivity contribution in [2.75, 3.05) is 0 Å². The molecule has 1 aromatic heterocycles. The molecule has 1 aromatic carbocycles. The van der Waals surface area contributed by atoms with E-state index in [2.05, 4.69) is 44.8 Å². The average Bonchev–Trinajstić information content (AvgIpc) is 2.83. The maximum atomic E-state index is 6.42. The summed E-state index contributed by atoms with van der Waals surface area (Å²) in [6, 6.07) is 4.32. The number of rotatable bonds is 4. The first-order chi connectivity index (χ1) is 8.99. The van der Waals surface area contributed by atoms with Crippen LogP contribution in [0.1, 0.15) is 44.7 Å². The molecule has 0 radical (unpaired) electrons. The molecule has 3 heteroatoms. The van der Waals surface area contributed by atoms with Crippen LogP contribution in [0.3, 0.4) is 0 Å². The van der Waals surface area contributed by atoms with Gasteiger partial charge in [-0.3, -0.25) is 0 Å². The molecule has 1 heterocycles. The number of hydrogen-bond acceptors (Lipinski definition) is 1. The number of nitrogens with zero attached hydrogens (tertiary/aromatic N) is 2. The van der Waals surface area contributed by atoms with Crippen LogP contribution >= 0.6 is 11.6 Å². The molecule has 0 aliphatic heterocycles. The Bertz CT molecular complexity index is 542. The highest BCUT2D eigenvalue weighted by Crippen LogP contribution is 2.30. The maximum absolute atomic E-state index is 6.42. The van der Waals surface area contributed by atoms with Gasteiger partial charge in [-0.05, 0) is 41.5 Å². The van der Waals surface area contributed by atoms with E-state index in [0.717, 1.165) is 17.1 Å². The van der Waals surface area contributed by atoms with Gasteiger partial charge in [0.25, 0.3) is 0 Å². The molecule has 0 aliphatic rings. The van der Waals surface area contributed by atoms with Gasteiger partial charge in [0, 0.05) is 12.4 Å². The lowest BCUT2D eigenvalue weighted by Crippen LogP contribution is -2.04. The zero-order chi connectivity index (χ0) is 14.0. The molecule has 2 nitrogen and oxygen atoms in total. The summed E-state index contributed by atoms with van der Waals surface area (Å²) in [5.41, 5.74) is 3.75. The van der Waals surface area contributed by atoms with Gasteiger partial charge in [0.15, 0.2) is 0 Å². The lowest BCUT2D eigenvalue weighted by molar-refractivity contribution is 0.638. The van der Waals surface area contributed by atoms with Gasteiger partial charge in [0.05, 0.1) is 17.0 Å². The van der Waals surface area contributed by atoms with Crippen molar-refractivity contribution in [2.24, 2.45) is 5.92 Å². The largest absolute Gasteiger partial charge is 0.305 e. The van der Waals surface area contributed by atoms with Crippen molar-refractivity contribution in [3.05, 3.63) is 47.0 Å². The molecule has 0 aliphatic carbocycles. The first-order valence-electron chi connectivity index (χ1n) is 6.79. The van der Waals surface area contributed by atoms with Crippen molar-refractivity contribution in [3.8, 4) is 5.69 Å². The van der Waals surface area contributed by atoms with Crippen LogP contribution in [-0.2, 0) is 6.42 Å². The number of benzene rings is 1. The Balaban J connectivity index is 2.53. The first-order valence-corrected chi connectivity index (χ1v) is 7.17. The van der Waals surface area contributed by atoms with Gasteiger partial charge in [0.2, 0.25) is 0 Å². The first kappa shape index (κ1) is 14.1. The Labute approximate surface area is 120 Å². The van der Waals surface area contributed by atoms with Crippen molar-refractivity contribution in [2.45, 2.75) is 40.0 Å². The van der Waals surface area contributed by atoms with Crippen molar-refractivity contribution in [3.63, 3.8) is 0 Å². The fraction of sp³-hybridized carbons (Fsp3) is 0.438. The third-order valence-corrected chi connectivity index (χ3v) is 3.54. The maximum Gasteiger partial charge on any atom is 0.0992 e. The zero-order valence-corrected chi connectivity index (χ0v) is 12.8. The van der Waals surface area contributed by atoms with Gasteiger partial charge in [-0.25, -0.2) is 4.98 Å². The van der Waals surface area contributed by atoms with Crippen LogP contribution in [0.5, 0.6) is 0 Å². The molecule has 19 heavy (non-hydrogen) atoms. The number of imidazole rings is 1. The molecular weight excluding hydrogens is 256 g/mol. The molecule has 2 aromatic rings. The quantitative estimate of drug-likeness (QED) is 0.781. The number of aromatic nitrogens is 2. The molecule has 0 N–H and O–H groups in total. The summed E-state index contributed by atoms with van der Waals surface area (Å²) in [6.07, 6.45) is 6.56. The Hall–Kier alpha value is -1.28. The van der Waals surface area contributed by atoms with Gasteiger partial charge < -0.3 is 4.57 Å². The van der Waals surface area contributed by atoms with Crippen LogP contribution in [0.15, 0.2) is 30.9 Å². The van der Waals surface area contributed by atoms with Crippen LogP contribution in [0.25, 0.3) is 5.69 Å². The van der Waals surface area contributed by atoms with E-state index in [4.69, 9.17) is 11.6 Å². The molecule has 0 spiro atoms. The van der Waals surface area contributed by atoms with E-state index >= 15 is 0 Å². The second-order valence-electron chi connectivity index (χ2n) is 5.73. The second-order valence-corrected chi connectivity index (χ2v) is 6.13. The van der Waals surface area contributed by atoms with Crippen LogP contribution in [-0.4, -0.2) is 9.55 Å². The van der Waals surface area contributed by atoms with Crippen LogP contribution in [0.2, 0.25) is 5.02 Å². The minimum Gasteiger partial charge on any atom is -0.305 e. The van der Waals surface area contributed by atoms with E-state index in [-0.39, 0.29) is 0 Å². The number of halogens is 1. The third-order valence-electron chi connectivity index (χ3n) is 3.24. The van der Waals surface area contributed by atoms with Crippen LogP contribution in [0.4, 0.5) is 0 Å². The smallest absolute Gasteiger partial charge is 0.0992 e.